The predicted molar refractivity (Wildman–Crippen MR) is 75.0 cm³/mol. The van der Waals surface area contributed by atoms with Crippen molar-refractivity contribution in [3.8, 4) is 23.3 Å². The molecule has 0 heterocycles. The van der Waals surface area contributed by atoms with Crippen LogP contribution in [0.4, 0.5) is 0 Å². The molecule has 0 fully saturated rings. The van der Waals surface area contributed by atoms with Gasteiger partial charge in [-0.1, -0.05) is 18.2 Å². The third-order valence-electron chi connectivity index (χ3n) is 2.87. The van der Waals surface area contributed by atoms with E-state index in [1.54, 1.807) is 32.4 Å². The highest BCUT2D eigenvalue weighted by molar-refractivity contribution is 5.47. The predicted octanol–water partition coefficient (Wildman–Crippen LogP) is 3.15. The van der Waals surface area contributed by atoms with Crippen LogP contribution in [-0.2, 0) is 6.61 Å². The number of benzene rings is 2. The van der Waals surface area contributed by atoms with E-state index in [9.17, 15) is 0 Å². The first kappa shape index (κ1) is 13.8. The lowest BCUT2D eigenvalue weighted by Gasteiger charge is -2.12. The van der Waals surface area contributed by atoms with Gasteiger partial charge < -0.3 is 14.2 Å². The lowest BCUT2D eigenvalue weighted by molar-refractivity contribution is 0.278. The Morgan fingerprint density at radius 2 is 1.70 bits per heavy atom. The Morgan fingerprint density at radius 3 is 2.40 bits per heavy atom. The first-order chi connectivity index (χ1) is 9.78. The molecule has 0 aliphatic rings. The van der Waals surface area contributed by atoms with Gasteiger partial charge in [-0.25, -0.2) is 0 Å². The van der Waals surface area contributed by atoms with Gasteiger partial charge in [0, 0.05) is 11.6 Å². The first-order valence-corrected chi connectivity index (χ1v) is 6.11. The zero-order valence-electron chi connectivity index (χ0n) is 11.4. The Kier molecular flexibility index (Phi) is 4.46. The van der Waals surface area contributed by atoms with Crippen LogP contribution in [0.2, 0.25) is 0 Å². The second-order valence-electron chi connectivity index (χ2n) is 4.08. The van der Waals surface area contributed by atoms with E-state index in [0.29, 0.717) is 23.7 Å². The molecule has 0 saturated heterocycles. The van der Waals surface area contributed by atoms with E-state index < -0.39 is 0 Å². The van der Waals surface area contributed by atoms with E-state index in [1.807, 2.05) is 24.3 Å². The summed E-state index contributed by atoms with van der Waals surface area (Å²) in [5, 5.41) is 8.86. The summed E-state index contributed by atoms with van der Waals surface area (Å²) in [6, 6.07) is 14.8. The number of hydrogen-bond donors (Lipinski definition) is 0. The molecule has 0 bridgehead atoms. The van der Waals surface area contributed by atoms with Crippen LogP contribution >= 0.6 is 0 Å². The highest BCUT2D eigenvalue weighted by Crippen LogP contribution is 2.29. The van der Waals surface area contributed by atoms with Crippen molar-refractivity contribution in [2.24, 2.45) is 0 Å². The van der Waals surface area contributed by atoms with Crippen molar-refractivity contribution < 1.29 is 14.2 Å². The molecule has 2 aromatic carbocycles. The summed E-state index contributed by atoms with van der Waals surface area (Å²) in [7, 11) is 3.17. The molecule has 2 rings (SSSR count). The number of rotatable bonds is 5. The van der Waals surface area contributed by atoms with Gasteiger partial charge in [0.1, 0.15) is 12.4 Å². The SMILES string of the molecule is COc1ccccc1COc1ccc(C#N)cc1OC. The molecule has 4 heteroatoms. The van der Waals surface area contributed by atoms with Crippen LogP contribution in [0.1, 0.15) is 11.1 Å². The highest BCUT2D eigenvalue weighted by atomic mass is 16.5. The lowest BCUT2D eigenvalue weighted by atomic mass is 10.2. The minimum atomic E-state index is 0.367. The molecule has 20 heavy (non-hydrogen) atoms. The maximum atomic E-state index is 8.86. The van der Waals surface area contributed by atoms with Crippen molar-refractivity contribution in [2.45, 2.75) is 6.61 Å². The van der Waals surface area contributed by atoms with Gasteiger partial charge in [0.25, 0.3) is 0 Å². The van der Waals surface area contributed by atoms with Crippen molar-refractivity contribution in [1.82, 2.24) is 0 Å². The molecule has 0 amide bonds. The second-order valence-corrected chi connectivity index (χ2v) is 4.08. The van der Waals surface area contributed by atoms with Gasteiger partial charge in [0.15, 0.2) is 11.5 Å². The number of ether oxygens (including phenoxy) is 3. The van der Waals surface area contributed by atoms with E-state index in [0.717, 1.165) is 11.3 Å². The summed E-state index contributed by atoms with van der Waals surface area (Å²) < 4.78 is 16.2. The van der Waals surface area contributed by atoms with Crippen LogP contribution < -0.4 is 14.2 Å². The summed E-state index contributed by atoms with van der Waals surface area (Å²) in [5.74, 6) is 1.91. The third-order valence-corrected chi connectivity index (χ3v) is 2.87. The van der Waals surface area contributed by atoms with Crippen molar-refractivity contribution in [3.63, 3.8) is 0 Å². The summed E-state index contributed by atoms with van der Waals surface area (Å²) >= 11 is 0. The van der Waals surface area contributed by atoms with Crippen LogP contribution in [0.5, 0.6) is 17.2 Å². The fourth-order valence-corrected chi connectivity index (χ4v) is 1.83. The summed E-state index contributed by atoms with van der Waals surface area (Å²) in [4.78, 5) is 0. The first-order valence-electron chi connectivity index (χ1n) is 6.11. The van der Waals surface area contributed by atoms with Crippen molar-refractivity contribution >= 4 is 0 Å². The molecule has 0 aliphatic carbocycles. The molecule has 0 spiro atoms. The molecule has 0 radical (unpaired) electrons. The summed E-state index contributed by atoms with van der Waals surface area (Å²) in [6.07, 6.45) is 0. The average Bonchev–Trinajstić information content (AvgIpc) is 2.52. The van der Waals surface area contributed by atoms with Gasteiger partial charge in [-0.3, -0.25) is 0 Å². The fraction of sp³-hybridized carbons (Fsp3) is 0.188. The maximum Gasteiger partial charge on any atom is 0.162 e. The van der Waals surface area contributed by atoms with Crippen molar-refractivity contribution in [3.05, 3.63) is 53.6 Å². The van der Waals surface area contributed by atoms with Gasteiger partial charge >= 0.3 is 0 Å². The smallest absolute Gasteiger partial charge is 0.162 e. The summed E-state index contributed by atoms with van der Waals surface area (Å²) in [5.41, 5.74) is 1.48. The van der Waals surface area contributed by atoms with Crippen molar-refractivity contribution in [1.29, 1.82) is 5.26 Å². The van der Waals surface area contributed by atoms with Gasteiger partial charge in [-0.05, 0) is 18.2 Å². The molecule has 102 valence electrons. The van der Waals surface area contributed by atoms with Gasteiger partial charge in [0.2, 0.25) is 0 Å². The Balaban J connectivity index is 2.17. The minimum absolute atomic E-state index is 0.367. The van der Waals surface area contributed by atoms with Gasteiger partial charge in [0.05, 0.1) is 25.9 Å². The third kappa shape index (κ3) is 3.01. The van der Waals surface area contributed by atoms with E-state index >= 15 is 0 Å². The van der Waals surface area contributed by atoms with E-state index in [-0.39, 0.29) is 0 Å². The Hall–Kier alpha value is -2.67. The van der Waals surface area contributed by atoms with Crippen LogP contribution in [0.3, 0.4) is 0 Å². The van der Waals surface area contributed by atoms with Gasteiger partial charge in [-0.2, -0.15) is 5.26 Å². The highest BCUT2D eigenvalue weighted by Gasteiger charge is 2.08. The zero-order valence-corrected chi connectivity index (χ0v) is 11.4. The molecule has 0 unspecified atom stereocenters. The molecular weight excluding hydrogens is 254 g/mol. The van der Waals surface area contributed by atoms with E-state index in [4.69, 9.17) is 19.5 Å². The van der Waals surface area contributed by atoms with Crippen molar-refractivity contribution in [2.75, 3.05) is 14.2 Å². The van der Waals surface area contributed by atoms with Crippen LogP contribution in [0, 0.1) is 11.3 Å². The zero-order chi connectivity index (χ0) is 14.4. The normalized spacial score (nSPS) is 9.65. The largest absolute Gasteiger partial charge is 0.496 e. The molecule has 0 aromatic heterocycles. The van der Waals surface area contributed by atoms with Gasteiger partial charge in [-0.15, -0.1) is 0 Å². The van der Waals surface area contributed by atoms with Crippen LogP contribution in [0.25, 0.3) is 0 Å². The number of nitrogens with zero attached hydrogens (tertiary/aromatic N) is 1. The molecule has 0 saturated carbocycles. The average molecular weight is 269 g/mol. The molecule has 0 aliphatic heterocycles. The number of hydrogen-bond acceptors (Lipinski definition) is 4. The lowest BCUT2D eigenvalue weighted by Crippen LogP contribution is -2.00. The molecule has 2 aromatic rings. The monoisotopic (exact) mass is 269 g/mol. The molecule has 0 atom stereocenters. The maximum absolute atomic E-state index is 8.86. The molecule has 4 nitrogen and oxygen atoms in total. The standard InChI is InChI=1S/C16H15NO3/c1-18-14-6-4-3-5-13(14)11-20-15-8-7-12(10-17)9-16(15)19-2/h3-9H,11H2,1-2H3. The summed E-state index contributed by atoms with van der Waals surface area (Å²) in [6.45, 7) is 0.367. The molecular formula is C16H15NO3. The van der Waals surface area contributed by atoms with Crippen LogP contribution in [0.15, 0.2) is 42.5 Å². The Bertz CT molecular complexity index is 632. The topological polar surface area (TPSA) is 51.5 Å². The number of nitriles is 1. The molecule has 0 N–H and O–H groups in total. The fourth-order valence-electron chi connectivity index (χ4n) is 1.83. The Labute approximate surface area is 118 Å². The second kappa shape index (κ2) is 6.48. The van der Waals surface area contributed by atoms with E-state index in [2.05, 4.69) is 6.07 Å². The minimum Gasteiger partial charge on any atom is -0.496 e. The van der Waals surface area contributed by atoms with Crippen LogP contribution in [-0.4, -0.2) is 14.2 Å². The number of para-hydroxylation sites is 1. The quantitative estimate of drug-likeness (QED) is 0.836. The number of methoxy groups -OCH3 is 2. The Morgan fingerprint density at radius 1 is 0.950 bits per heavy atom. The van der Waals surface area contributed by atoms with E-state index in [1.165, 1.54) is 0 Å².